The summed E-state index contributed by atoms with van der Waals surface area (Å²) in [5, 5.41) is 10.3. The van der Waals surface area contributed by atoms with Crippen LogP contribution in [0.3, 0.4) is 0 Å². The second kappa shape index (κ2) is 6.65. The fourth-order valence-corrected chi connectivity index (χ4v) is 3.97. The van der Waals surface area contributed by atoms with Crippen LogP contribution in [0.5, 0.6) is 0 Å². The smallest absolute Gasteiger partial charge is 0.223 e. The van der Waals surface area contributed by atoms with Gasteiger partial charge in [0.25, 0.3) is 0 Å². The van der Waals surface area contributed by atoms with E-state index in [1.54, 1.807) is 12.5 Å². The number of aryl methyl sites for hydroxylation is 1. The van der Waals surface area contributed by atoms with Gasteiger partial charge in [-0.15, -0.1) is 0 Å². The monoisotopic (exact) mass is 291 g/mol. The number of carbonyl (C=O) groups excluding carboxylic acids is 1. The largest absolute Gasteiger partial charge is 0.472 e. The Kier molecular flexibility index (Phi) is 4.63. The van der Waals surface area contributed by atoms with E-state index in [1.807, 2.05) is 11.0 Å². The summed E-state index contributed by atoms with van der Waals surface area (Å²) in [6, 6.07) is 2.18. The molecular weight excluding hydrogens is 266 g/mol. The van der Waals surface area contributed by atoms with Crippen molar-refractivity contribution in [2.75, 3.05) is 6.54 Å². The number of aliphatic hydroxyl groups is 1. The van der Waals surface area contributed by atoms with Crippen molar-refractivity contribution >= 4 is 5.91 Å². The lowest BCUT2D eigenvalue weighted by Crippen LogP contribution is -2.45. The van der Waals surface area contributed by atoms with Crippen LogP contribution in [-0.2, 0) is 11.2 Å². The Labute approximate surface area is 126 Å². The number of carbonyl (C=O) groups is 1. The van der Waals surface area contributed by atoms with Gasteiger partial charge in [0.2, 0.25) is 5.91 Å². The molecule has 1 N–H and O–H groups in total. The third kappa shape index (κ3) is 3.31. The number of hydrogen-bond acceptors (Lipinski definition) is 3. The van der Waals surface area contributed by atoms with Crippen molar-refractivity contribution in [3.63, 3.8) is 0 Å². The third-order valence-electron chi connectivity index (χ3n) is 5.10. The summed E-state index contributed by atoms with van der Waals surface area (Å²) >= 11 is 0. The highest BCUT2D eigenvalue weighted by atomic mass is 16.3. The number of rotatable bonds is 4. The van der Waals surface area contributed by atoms with Crippen LogP contribution in [0.2, 0.25) is 0 Å². The molecule has 2 aliphatic rings. The van der Waals surface area contributed by atoms with Crippen molar-refractivity contribution in [3.05, 3.63) is 24.2 Å². The molecule has 2 heterocycles. The second-order valence-electron chi connectivity index (χ2n) is 6.44. The molecule has 116 valence electrons. The predicted octanol–water partition coefficient (Wildman–Crippen LogP) is 2.75. The Morgan fingerprint density at radius 1 is 1.29 bits per heavy atom. The van der Waals surface area contributed by atoms with Crippen LogP contribution >= 0.6 is 0 Å². The zero-order valence-corrected chi connectivity index (χ0v) is 12.5. The molecule has 1 aliphatic carbocycles. The molecule has 1 saturated heterocycles. The summed E-state index contributed by atoms with van der Waals surface area (Å²) in [5.41, 5.74) is 1.08. The second-order valence-corrected chi connectivity index (χ2v) is 6.44. The zero-order valence-electron chi connectivity index (χ0n) is 12.5. The lowest BCUT2D eigenvalue weighted by atomic mass is 9.80. The molecule has 3 rings (SSSR count). The van der Waals surface area contributed by atoms with Crippen molar-refractivity contribution < 1.29 is 14.3 Å². The molecule has 21 heavy (non-hydrogen) atoms. The molecule has 1 saturated carbocycles. The standard InChI is InChI=1S/C17H25NO3/c19-16-6-2-1-4-14(16)15-5-3-10-18(15)17(20)8-7-13-9-11-21-12-13/h9,11-12,14-16,19H,1-8,10H2/t14-,15+,16-/m0/s1. The first kappa shape index (κ1) is 14.6. The van der Waals surface area contributed by atoms with E-state index in [1.165, 1.54) is 6.42 Å². The lowest BCUT2D eigenvalue weighted by Gasteiger charge is -2.37. The highest BCUT2D eigenvalue weighted by molar-refractivity contribution is 5.77. The van der Waals surface area contributed by atoms with Crippen molar-refractivity contribution in [3.8, 4) is 0 Å². The van der Waals surface area contributed by atoms with E-state index in [9.17, 15) is 9.90 Å². The Bertz CT molecular complexity index is 457. The van der Waals surface area contributed by atoms with Gasteiger partial charge in [-0.1, -0.05) is 12.8 Å². The van der Waals surface area contributed by atoms with Crippen LogP contribution in [0.15, 0.2) is 23.0 Å². The number of amides is 1. The maximum Gasteiger partial charge on any atom is 0.223 e. The molecule has 0 radical (unpaired) electrons. The number of nitrogens with zero attached hydrogens (tertiary/aromatic N) is 1. The van der Waals surface area contributed by atoms with Gasteiger partial charge in [-0.05, 0) is 43.7 Å². The quantitative estimate of drug-likeness (QED) is 0.928. The molecule has 4 heteroatoms. The summed E-state index contributed by atoms with van der Waals surface area (Å²) in [6.07, 6.45) is 10.8. The molecule has 0 spiro atoms. The fourth-order valence-electron chi connectivity index (χ4n) is 3.97. The third-order valence-corrected chi connectivity index (χ3v) is 5.10. The molecule has 3 atom stereocenters. The number of aliphatic hydroxyl groups excluding tert-OH is 1. The van der Waals surface area contributed by atoms with Gasteiger partial charge in [0.15, 0.2) is 0 Å². The van der Waals surface area contributed by atoms with Crippen molar-refractivity contribution in [1.29, 1.82) is 0 Å². The molecule has 2 fully saturated rings. The predicted molar refractivity (Wildman–Crippen MR) is 79.7 cm³/mol. The van der Waals surface area contributed by atoms with E-state index in [0.29, 0.717) is 12.3 Å². The molecule has 0 aromatic carbocycles. The van der Waals surface area contributed by atoms with Crippen LogP contribution in [0.4, 0.5) is 0 Å². The Balaban J connectivity index is 1.59. The van der Waals surface area contributed by atoms with E-state index >= 15 is 0 Å². The highest BCUT2D eigenvalue weighted by Gasteiger charge is 2.38. The van der Waals surface area contributed by atoms with Crippen molar-refractivity contribution in [1.82, 2.24) is 4.90 Å². The topological polar surface area (TPSA) is 53.7 Å². The van der Waals surface area contributed by atoms with Gasteiger partial charge >= 0.3 is 0 Å². The first-order valence-corrected chi connectivity index (χ1v) is 8.24. The SMILES string of the molecule is O=C(CCc1ccoc1)N1CCC[C@@H]1[C@@H]1CCCC[C@@H]1O. The van der Waals surface area contributed by atoms with Gasteiger partial charge in [-0.25, -0.2) is 0 Å². The minimum absolute atomic E-state index is 0.217. The van der Waals surface area contributed by atoms with E-state index in [4.69, 9.17) is 4.42 Å². The summed E-state index contributed by atoms with van der Waals surface area (Å²) < 4.78 is 5.04. The summed E-state index contributed by atoms with van der Waals surface area (Å²) in [4.78, 5) is 14.6. The van der Waals surface area contributed by atoms with Crippen molar-refractivity contribution in [2.24, 2.45) is 5.92 Å². The summed E-state index contributed by atoms with van der Waals surface area (Å²) in [5.74, 6) is 0.524. The molecule has 4 nitrogen and oxygen atoms in total. The van der Waals surface area contributed by atoms with Crippen molar-refractivity contribution in [2.45, 2.75) is 63.5 Å². The van der Waals surface area contributed by atoms with Crippen LogP contribution < -0.4 is 0 Å². The van der Waals surface area contributed by atoms with Gasteiger partial charge in [0.1, 0.15) is 0 Å². The van der Waals surface area contributed by atoms with Gasteiger partial charge in [0, 0.05) is 24.9 Å². The van der Waals surface area contributed by atoms with Crippen LogP contribution in [0, 0.1) is 5.92 Å². The van der Waals surface area contributed by atoms with E-state index in [0.717, 1.165) is 50.6 Å². The van der Waals surface area contributed by atoms with Crippen LogP contribution in [0.25, 0.3) is 0 Å². The normalized spacial score (nSPS) is 29.8. The average Bonchev–Trinajstić information content (AvgIpc) is 3.16. The average molecular weight is 291 g/mol. The Morgan fingerprint density at radius 2 is 2.14 bits per heavy atom. The summed E-state index contributed by atoms with van der Waals surface area (Å²) in [7, 11) is 0. The van der Waals surface area contributed by atoms with Gasteiger partial charge < -0.3 is 14.4 Å². The maximum atomic E-state index is 12.5. The molecular formula is C17H25NO3. The molecule has 1 amide bonds. The first-order valence-electron chi connectivity index (χ1n) is 8.24. The molecule has 1 aromatic heterocycles. The Morgan fingerprint density at radius 3 is 2.90 bits per heavy atom. The van der Waals surface area contributed by atoms with Crippen LogP contribution in [-0.4, -0.2) is 34.6 Å². The molecule has 0 bridgehead atoms. The number of likely N-dealkylation sites (tertiary alicyclic amines) is 1. The van der Waals surface area contributed by atoms with E-state index in [2.05, 4.69) is 0 Å². The fraction of sp³-hybridized carbons (Fsp3) is 0.706. The zero-order chi connectivity index (χ0) is 14.7. The minimum Gasteiger partial charge on any atom is -0.472 e. The van der Waals surface area contributed by atoms with Gasteiger partial charge in [-0.2, -0.15) is 0 Å². The maximum absolute atomic E-state index is 12.5. The first-order chi connectivity index (χ1) is 10.3. The van der Waals surface area contributed by atoms with E-state index in [-0.39, 0.29) is 18.1 Å². The molecule has 0 unspecified atom stereocenters. The lowest BCUT2D eigenvalue weighted by molar-refractivity contribution is -0.134. The van der Waals surface area contributed by atoms with Gasteiger partial charge in [0.05, 0.1) is 18.6 Å². The minimum atomic E-state index is -0.217. The van der Waals surface area contributed by atoms with E-state index < -0.39 is 0 Å². The Hall–Kier alpha value is -1.29. The molecule has 1 aliphatic heterocycles. The molecule has 1 aromatic rings. The number of furan rings is 1. The number of hydrogen-bond donors (Lipinski definition) is 1. The summed E-state index contributed by atoms with van der Waals surface area (Å²) in [6.45, 7) is 0.859. The highest BCUT2D eigenvalue weighted by Crippen LogP contribution is 2.35. The van der Waals surface area contributed by atoms with Crippen LogP contribution in [0.1, 0.15) is 50.5 Å². The van der Waals surface area contributed by atoms with Gasteiger partial charge in [-0.3, -0.25) is 4.79 Å².